The molecule has 1 saturated heterocycles. The smallest absolute Gasteiger partial charge is 0.0580 e. The van der Waals surface area contributed by atoms with Crippen LogP contribution in [0.3, 0.4) is 0 Å². The molecule has 2 rings (SSSR count). The standard InChI is InChI=1S/C16H24O2.H2O/c1-13(12-15-7-4-5-11-18-15)16-8-3-2-6-14(16)9-10-17;/h2-3,6,8,13,15,17H,4-5,7,9-12H2,1H3;1H2. The van der Waals surface area contributed by atoms with Crippen molar-refractivity contribution in [1.82, 2.24) is 0 Å². The fourth-order valence-electron chi connectivity index (χ4n) is 2.88. The van der Waals surface area contributed by atoms with Crippen LogP contribution < -0.4 is 0 Å². The molecule has 0 amide bonds. The zero-order valence-corrected chi connectivity index (χ0v) is 11.8. The zero-order chi connectivity index (χ0) is 12.8. The van der Waals surface area contributed by atoms with E-state index in [0.29, 0.717) is 12.0 Å². The Hall–Kier alpha value is -0.900. The van der Waals surface area contributed by atoms with E-state index in [1.54, 1.807) is 0 Å². The van der Waals surface area contributed by atoms with E-state index >= 15 is 0 Å². The molecule has 1 aromatic rings. The molecule has 0 spiro atoms. The Labute approximate surface area is 115 Å². The summed E-state index contributed by atoms with van der Waals surface area (Å²) in [4.78, 5) is 0. The quantitative estimate of drug-likeness (QED) is 0.890. The number of hydrogen-bond donors (Lipinski definition) is 1. The van der Waals surface area contributed by atoms with Gasteiger partial charge in [-0.15, -0.1) is 0 Å². The summed E-state index contributed by atoms with van der Waals surface area (Å²) in [6.07, 6.45) is 6.00. The number of hydrogen-bond acceptors (Lipinski definition) is 2. The van der Waals surface area contributed by atoms with Gasteiger partial charge in [-0.3, -0.25) is 0 Å². The minimum absolute atomic E-state index is 0. The van der Waals surface area contributed by atoms with E-state index in [9.17, 15) is 0 Å². The van der Waals surface area contributed by atoms with Gasteiger partial charge in [0.05, 0.1) is 6.10 Å². The van der Waals surface area contributed by atoms with Crippen LogP contribution in [-0.4, -0.2) is 29.9 Å². The molecule has 0 aliphatic carbocycles. The lowest BCUT2D eigenvalue weighted by molar-refractivity contribution is 0.00787. The van der Waals surface area contributed by atoms with E-state index < -0.39 is 0 Å². The first-order valence-corrected chi connectivity index (χ1v) is 7.11. The van der Waals surface area contributed by atoms with Crippen LogP contribution in [0.4, 0.5) is 0 Å². The van der Waals surface area contributed by atoms with Gasteiger partial charge in [-0.05, 0) is 49.1 Å². The third-order valence-corrected chi connectivity index (χ3v) is 3.86. The molecule has 108 valence electrons. The summed E-state index contributed by atoms with van der Waals surface area (Å²) >= 11 is 0. The van der Waals surface area contributed by atoms with Gasteiger partial charge in [0.15, 0.2) is 0 Å². The minimum atomic E-state index is 0. The molecule has 1 heterocycles. The maximum atomic E-state index is 9.12. The van der Waals surface area contributed by atoms with Crippen molar-refractivity contribution in [2.24, 2.45) is 0 Å². The summed E-state index contributed by atoms with van der Waals surface area (Å²) in [5.41, 5.74) is 2.66. The van der Waals surface area contributed by atoms with Gasteiger partial charge in [0, 0.05) is 13.2 Å². The maximum Gasteiger partial charge on any atom is 0.0580 e. The van der Waals surface area contributed by atoms with E-state index in [2.05, 4.69) is 31.2 Å². The normalized spacial score (nSPS) is 20.6. The van der Waals surface area contributed by atoms with Crippen molar-refractivity contribution < 1.29 is 15.3 Å². The van der Waals surface area contributed by atoms with Crippen LogP contribution in [0.25, 0.3) is 0 Å². The predicted octanol–water partition coefficient (Wildman–Crippen LogP) is 2.46. The van der Waals surface area contributed by atoms with E-state index in [0.717, 1.165) is 19.4 Å². The summed E-state index contributed by atoms with van der Waals surface area (Å²) in [5, 5.41) is 9.12. The number of aliphatic hydroxyl groups is 1. The van der Waals surface area contributed by atoms with Gasteiger partial charge in [0.25, 0.3) is 0 Å². The summed E-state index contributed by atoms with van der Waals surface area (Å²) in [5.74, 6) is 0.510. The SMILES string of the molecule is CC(CC1CCCCO1)c1ccccc1CCO.O. The number of rotatable bonds is 5. The van der Waals surface area contributed by atoms with Crippen molar-refractivity contribution in [2.75, 3.05) is 13.2 Å². The Morgan fingerprint density at radius 1 is 1.32 bits per heavy atom. The highest BCUT2D eigenvalue weighted by Gasteiger charge is 2.19. The lowest BCUT2D eigenvalue weighted by Crippen LogP contribution is -2.21. The fraction of sp³-hybridized carbons (Fsp3) is 0.625. The Morgan fingerprint density at radius 3 is 2.79 bits per heavy atom. The van der Waals surface area contributed by atoms with Crippen molar-refractivity contribution in [1.29, 1.82) is 0 Å². The molecular formula is C16H26O3. The maximum absolute atomic E-state index is 9.12. The Balaban J connectivity index is 0.00000180. The van der Waals surface area contributed by atoms with Gasteiger partial charge >= 0.3 is 0 Å². The largest absolute Gasteiger partial charge is 0.412 e. The molecule has 1 aromatic carbocycles. The van der Waals surface area contributed by atoms with Gasteiger partial charge in [-0.1, -0.05) is 31.2 Å². The molecular weight excluding hydrogens is 240 g/mol. The molecule has 2 unspecified atom stereocenters. The van der Waals surface area contributed by atoms with Crippen LogP contribution in [0, 0.1) is 0 Å². The second-order valence-electron chi connectivity index (χ2n) is 5.30. The zero-order valence-electron chi connectivity index (χ0n) is 11.8. The van der Waals surface area contributed by atoms with Crippen molar-refractivity contribution in [2.45, 2.75) is 51.0 Å². The average Bonchev–Trinajstić information content (AvgIpc) is 2.41. The topological polar surface area (TPSA) is 61.0 Å². The lowest BCUT2D eigenvalue weighted by atomic mass is 9.88. The molecule has 1 aliphatic heterocycles. The van der Waals surface area contributed by atoms with Crippen molar-refractivity contribution in [3.8, 4) is 0 Å². The molecule has 3 nitrogen and oxygen atoms in total. The van der Waals surface area contributed by atoms with Gasteiger partial charge in [-0.2, -0.15) is 0 Å². The molecule has 0 saturated carbocycles. The van der Waals surface area contributed by atoms with E-state index in [-0.39, 0.29) is 12.1 Å². The van der Waals surface area contributed by atoms with Crippen LogP contribution in [0.2, 0.25) is 0 Å². The molecule has 0 radical (unpaired) electrons. The second kappa shape index (κ2) is 8.31. The molecule has 0 bridgehead atoms. The van der Waals surface area contributed by atoms with Gasteiger partial charge in [0.1, 0.15) is 0 Å². The lowest BCUT2D eigenvalue weighted by Gasteiger charge is -2.26. The molecule has 1 aliphatic rings. The predicted molar refractivity (Wildman–Crippen MR) is 77.5 cm³/mol. The van der Waals surface area contributed by atoms with Crippen LogP contribution in [-0.2, 0) is 11.2 Å². The van der Waals surface area contributed by atoms with E-state index in [1.807, 2.05) is 0 Å². The van der Waals surface area contributed by atoms with Crippen LogP contribution in [0.5, 0.6) is 0 Å². The van der Waals surface area contributed by atoms with Gasteiger partial charge in [0.2, 0.25) is 0 Å². The third-order valence-electron chi connectivity index (χ3n) is 3.86. The third kappa shape index (κ3) is 4.60. The molecule has 19 heavy (non-hydrogen) atoms. The van der Waals surface area contributed by atoms with Gasteiger partial charge < -0.3 is 15.3 Å². The molecule has 3 N–H and O–H groups in total. The molecule has 2 atom stereocenters. The summed E-state index contributed by atoms with van der Waals surface area (Å²) in [6.45, 7) is 3.42. The van der Waals surface area contributed by atoms with Crippen molar-refractivity contribution >= 4 is 0 Å². The Morgan fingerprint density at radius 2 is 2.11 bits per heavy atom. The van der Waals surface area contributed by atoms with Crippen molar-refractivity contribution in [3.05, 3.63) is 35.4 Å². The summed E-state index contributed by atoms with van der Waals surface area (Å²) in [6, 6.07) is 8.47. The Kier molecular flexibility index (Phi) is 7.06. The average molecular weight is 266 g/mol. The van der Waals surface area contributed by atoms with Gasteiger partial charge in [-0.25, -0.2) is 0 Å². The van der Waals surface area contributed by atoms with Crippen LogP contribution in [0.15, 0.2) is 24.3 Å². The van der Waals surface area contributed by atoms with E-state index in [1.165, 1.54) is 30.4 Å². The minimum Gasteiger partial charge on any atom is -0.412 e. The summed E-state index contributed by atoms with van der Waals surface area (Å²) < 4.78 is 5.82. The fourth-order valence-corrected chi connectivity index (χ4v) is 2.88. The highest BCUT2D eigenvalue weighted by molar-refractivity contribution is 5.30. The number of aliphatic hydroxyl groups excluding tert-OH is 1. The van der Waals surface area contributed by atoms with E-state index in [4.69, 9.17) is 9.84 Å². The first kappa shape index (κ1) is 16.2. The molecule has 0 aromatic heterocycles. The first-order valence-electron chi connectivity index (χ1n) is 7.11. The summed E-state index contributed by atoms with van der Waals surface area (Å²) in [7, 11) is 0. The molecule has 1 fully saturated rings. The number of benzene rings is 1. The second-order valence-corrected chi connectivity index (χ2v) is 5.30. The highest BCUT2D eigenvalue weighted by atomic mass is 16.5. The van der Waals surface area contributed by atoms with Crippen LogP contribution in [0.1, 0.15) is 49.7 Å². The molecule has 3 heteroatoms. The Bertz CT molecular complexity index is 359. The highest BCUT2D eigenvalue weighted by Crippen LogP contribution is 2.28. The van der Waals surface area contributed by atoms with Crippen LogP contribution >= 0.6 is 0 Å². The number of ether oxygens (including phenoxy) is 1. The monoisotopic (exact) mass is 266 g/mol. The van der Waals surface area contributed by atoms with Crippen molar-refractivity contribution in [3.63, 3.8) is 0 Å². The first-order chi connectivity index (χ1) is 8.81.